The molecule has 0 saturated carbocycles. The molecule has 2 aromatic rings. The van der Waals surface area contributed by atoms with Gasteiger partial charge in [-0.05, 0) is 43.2 Å². The van der Waals surface area contributed by atoms with Crippen molar-refractivity contribution < 1.29 is 14.3 Å². The minimum atomic E-state index is -0.555. The van der Waals surface area contributed by atoms with Gasteiger partial charge in [0.15, 0.2) is 0 Å². The van der Waals surface area contributed by atoms with Crippen molar-refractivity contribution in [3.05, 3.63) is 58.9 Å². The van der Waals surface area contributed by atoms with E-state index in [-0.39, 0.29) is 12.0 Å². The van der Waals surface area contributed by atoms with E-state index < -0.39 is 5.91 Å². The van der Waals surface area contributed by atoms with Gasteiger partial charge >= 0.3 is 0 Å². The summed E-state index contributed by atoms with van der Waals surface area (Å²) in [6.45, 7) is 5.32. The molecule has 3 rings (SSSR count). The monoisotopic (exact) mass is 353 g/mol. The molecule has 2 amide bonds. The zero-order valence-corrected chi connectivity index (χ0v) is 15.1. The highest BCUT2D eigenvalue weighted by Crippen LogP contribution is 2.24. The average Bonchev–Trinajstić information content (AvgIpc) is 2.65. The number of piperidine rings is 1. The summed E-state index contributed by atoms with van der Waals surface area (Å²) in [4.78, 5) is 29.5. The van der Waals surface area contributed by atoms with Gasteiger partial charge in [-0.15, -0.1) is 0 Å². The van der Waals surface area contributed by atoms with Crippen LogP contribution in [0.25, 0.3) is 0 Å². The van der Waals surface area contributed by atoms with Gasteiger partial charge in [0.05, 0.1) is 5.56 Å². The highest BCUT2D eigenvalue weighted by molar-refractivity contribution is 5.95. The molecule has 1 aromatic carbocycles. The Morgan fingerprint density at radius 2 is 1.88 bits per heavy atom. The van der Waals surface area contributed by atoms with Gasteiger partial charge < -0.3 is 15.4 Å². The fourth-order valence-electron chi connectivity index (χ4n) is 3.02. The first-order valence-corrected chi connectivity index (χ1v) is 8.73. The van der Waals surface area contributed by atoms with Crippen LogP contribution in [0, 0.1) is 13.8 Å². The van der Waals surface area contributed by atoms with Crippen LogP contribution in [-0.2, 0) is 0 Å². The van der Waals surface area contributed by atoms with E-state index in [1.54, 1.807) is 11.0 Å². The maximum absolute atomic E-state index is 12.6. The first kappa shape index (κ1) is 17.9. The summed E-state index contributed by atoms with van der Waals surface area (Å²) in [5.74, 6) is 0.227. The Morgan fingerprint density at radius 1 is 1.15 bits per heavy atom. The molecule has 0 atom stereocenters. The van der Waals surface area contributed by atoms with E-state index in [2.05, 4.69) is 23.2 Å². The number of benzene rings is 1. The summed E-state index contributed by atoms with van der Waals surface area (Å²) in [5, 5.41) is 0. The van der Waals surface area contributed by atoms with Gasteiger partial charge in [0.2, 0.25) is 5.91 Å². The molecule has 1 aliphatic heterocycles. The van der Waals surface area contributed by atoms with E-state index >= 15 is 0 Å². The van der Waals surface area contributed by atoms with Gasteiger partial charge in [-0.25, -0.2) is 0 Å². The highest BCUT2D eigenvalue weighted by Gasteiger charge is 2.25. The summed E-state index contributed by atoms with van der Waals surface area (Å²) in [6, 6.07) is 9.25. The summed E-state index contributed by atoms with van der Waals surface area (Å²) in [5.41, 5.74) is 8.10. The molecule has 0 radical (unpaired) electrons. The maximum Gasteiger partial charge on any atom is 0.272 e. The zero-order chi connectivity index (χ0) is 18.7. The van der Waals surface area contributed by atoms with E-state index in [1.165, 1.54) is 17.8 Å². The van der Waals surface area contributed by atoms with Crippen LogP contribution in [0.5, 0.6) is 5.75 Å². The first-order chi connectivity index (χ1) is 12.4. The molecule has 1 aromatic heterocycles. The predicted molar refractivity (Wildman–Crippen MR) is 98.2 cm³/mol. The normalized spacial score (nSPS) is 14.9. The van der Waals surface area contributed by atoms with E-state index in [0.29, 0.717) is 24.3 Å². The number of aromatic nitrogens is 1. The summed E-state index contributed by atoms with van der Waals surface area (Å²) in [7, 11) is 0. The number of rotatable bonds is 4. The van der Waals surface area contributed by atoms with Gasteiger partial charge in [-0.2, -0.15) is 0 Å². The van der Waals surface area contributed by atoms with E-state index in [1.807, 2.05) is 13.8 Å². The molecule has 0 aliphatic carbocycles. The van der Waals surface area contributed by atoms with Crippen LogP contribution < -0.4 is 10.5 Å². The van der Waals surface area contributed by atoms with Crippen LogP contribution in [0.1, 0.15) is 44.8 Å². The highest BCUT2D eigenvalue weighted by atomic mass is 16.5. The minimum Gasteiger partial charge on any atom is -0.490 e. The quantitative estimate of drug-likeness (QED) is 0.915. The Morgan fingerprint density at radius 3 is 2.50 bits per heavy atom. The molecular weight excluding hydrogens is 330 g/mol. The predicted octanol–water partition coefficient (Wildman–Crippen LogP) is 2.48. The number of nitrogens with two attached hydrogens (primary N) is 1. The van der Waals surface area contributed by atoms with Gasteiger partial charge in [0.1, 0.15) is 17.5 Å². The molecule has 26 heavy (non-hydrogen) atoms. The average molecular weight is 353 g/mol. The van der Waals surface area contributed by atoms with Crippen molar-refractivity contribution in [1.29, 1.82) is 0 Å². The number of aryl methyl sites for hydroxylation is 2. The second-order valence-electron chi connectivity index (χ2n) is 6.67. The summed E-state index contributed by atoms with van der Waals surface area (Å²) in [6.07, 6.45) is 2.99. The smallest absolute Gasteiger partial charge is 0.272 e. The molecule has 136 valence electrons. The van der Waals surface area contributed by atoms with Gasteiger partial charge in [-0.1, -0.05) is 12.1 Å². The lowest BCUT2D eigenvalue weighted by atomic mass is 10.1. The van der Waals surface area contributed by atoms with Crippen molar-refractivity contribution in [3.63, 3.8) is 0 Å². The number of hydrogen-bond donors (Lipinski definition) is 1. The lowest BCUT2D eigenvalue weighted by Crippen LogP contribution is -2.42. The zero-order valence-electron chi connectivity index (χ0n) is 15.1. The fourth-order valence-corrected chi connectivity index (χ4v) is 3.02. The Kier molecular flexibility index (Phi) is 5.21. The molecule has 0 spiro atoms. The van der Waals surface area contributed by atoms with Crippen LogP contribution in [0.4, 0.5) is 0 Å². The molecular formula is C20H23N3O3. The fraction of sp³-hybridized carbons (Fsp3) is 0.350. The van der Waals surface area contributed by atoms with Crippen molar-refractivity contribution in [2.24, 2.45) is 5.73 Å². The number of likely N-dealkylation sites (tertiary alicyclic amines) is 1. The Balaban J connectivity index is 1.58. The second kappa shape index (κ2) is 7.56. The number of carbonyl (C=O) groups is 2. The molecule has 6 heteroatoms. The number of amides is 2. The van der Waals surface area contributed by atoms with Gasteiger partial charge in [0, 0.05) is 32.1 Å². The third-order valence-electron chi connectivity index (χ3n) is 4.63. The number of carbonyl (C=O) groups excluding carboxylic acids is 2. The SMILES string of the molecule is Cc1ccc(C)c(OC2CCN(C(=O)c3ccc(C(N)=O)cn3)CC2)c1. The lowest BCUT2D eigenvalue weighted by Gasteiger charge is -2.32. The summed E-state index contributed by atoms with van der Waals surface area (Å²) >= 11 is 0. The maximum atomic E-state index is 12.6. The minimum absolute atomic E-state index is 0.102. The van der Waals surface area contributed by atoms with Crippen molar-refractivity contribution in [3.8, 4) is 5.75 Å². The topological polar surface area (TPSA) is 85.5 Å². The number of primary amides is 1. The molecule has 1 fully saturated rings. The standard InChI is InChI=1S/C20H23N3O3/c1-13-3-4-14(2)18(11-13)26-16-7-9-23(10-8-16)20(25)17-6-5-15(12-22-17)19(21)24/h3-6,11-12,16H,7-10H2,1-2H3,(H2,21,24). The Labute approximate surface area is 153 Å². The van der Waals surface area contributed by atoms with E-state index in [9.17, 15) is 9.59 Å². The van der Waals surface area contributed by atoms with Crippen molar-refractivity contribution >= 4 is 11.8 Å². The van der Waals surface area contributed by atoms with Crippen LogP contribution in [-0.4, -0.2) is 40.9 Å². The van der Waals surface area contributed by atoms with Crippen molar-refractivity contribution in [1.82, 2.24) is 9.88 Å². The van der Waals surface area contributed by atoms with Crippen molar-refractivity contribution in [2.45, 2.75) is 32.8 Å². The van der Waals surface area contributed by atoms with Crippen LogP contribution in [0.2, 0.25) is 0 Å². The van der Waals surface area contributed by atoms with Gasteiger partial charge in [0.25, 0.3) is 5.91 Å². The Bertz CT molecular complexity index is 810. The molecule has 0 bridgehead atoms. The van der Waals surface area contributed by atoms with Crippen molar-refractivity contribution in [2.75, 3.05) is 13.1 Å². The van der Waals surface area contributed by atoms with Crippen LogP contribution >= 0.6 is 0 Å². The van der Waals surface area contributed by atoms with Crippen LogP contribution in [0.3, 0.4) is 0 Å². The number of hydrogen-bond acceptors (Lipinski definition) is 4. The third-order valence-corrected chi connectivity index (χ3v) is 4.63. The summed E-state index contributed by atoms with van der Waals surface area (Å²) < 4.78 is 6.14. The molecule has 2 N–H and O–H groups in total. The first-order valence-electron chi connectivity index (χ1n) is 8.73. The number of nitrogens with zero attached hydrogens (tertiary/aromatic N) is 2. The van der Waals surface area contributed by atoms with Gasteiger partial charge in [-0.3, -0.25) is 14.6 Å². The second-order valence-corrected chi connectivity index (χ2v) is 6.67. The largest absolute Gasteiger partial charge is 0.490 e. The molecule has 2 heterocycles. The number of ether oxygens (including phenoxy) is 1. The number of pyridine rings is 1. The van der Waals surface area contributed by atoms with E-state index in [4.69, 9.17) is 10.5 Å². The van der Waals surface area contributed by atoms with Crippen LogP contribution in [0.15, 0.2) is 36.5 Å². The third kappa shape index (κ3) is 4.02. The Hall–Kier alpha value is -2.89. The lowest BCUT2D eigenvalue weighted by molar-refractivity contribution is 0.0588. The molecule has 1 saturated heterocycles. The molecule has 1 aliphatic rings. The molecule has 0 unspecified atom stereocenters. The van der Waals surface area contributed by atoms with E-state index in [0.717, 1.165) is 24.2 Å². The molecule has 6 nitrogen and oxygen atoms in total.